The van der Waals surface area contributed by atoms with E-state index in [1.54, 1.807) is 5.56 Å². The van der Waals surface area contributed by atoms with Gasteiger partial charge in [-0.25, -0.2) is 0 Å². The van der Waals surface area contributed by atoms with E-state index in [4.69, 9.17) is 4.42 Å². The van der Waals surface area contributed by atoms with Crippen molar-refractivity contribution in [1.29, 1.82) is 0 Å². The van der Waals surface area contributed by atoms with Gasteiger partial charge >= 0.3 is 0 Å². The maximum atomic E-state index is 6.06. The van der Waals surface area contributed by atoms with Crippen LogP contribution in [0.2, 0.25) is 0 Å². The highest BCUT2D eigenvalue weighted by atomic mass is 16.3. The SMILES string of the molecule is Cc1ccc(N2c3ccccc3CCCc3ccoc32)c2c1CCCC2. The lowest BCUT2D eigenvalue weighted by Gasteiger charge is -2.32. The highest BCUT2D eigenvalue weighted by Gasteiger charge is 2.27. The second kappa shape index (κ2) is 6.35. The van der Waals surface area contributed by atoms with Crippen LogP contribution in [0.4, 0.5) is 17.3 Å². The number of rotatable bonds is 1. The van der Waals surface area contributed by atoms with E-state index in [0.717, 1.165) is 18.7 Å². The number of hydrogen-bond acceptors (Lipinski definition) is 2. The molecule has 1 aromatic heterocycles. The average Bonchev–Trinajstić information content (AvgIpc) is 3.11. The Kier molecular flexibility index (Phi) is 3.85. The van der Waals surface area contributed by atoms with E-state index < -0.39 is 0 Å². The van der Waals surface area contributed by atoms with Gasteiger partial charge in [-0.2, -0.15) is 0 Å². The third-order valence-electron chi connectivity index (χ3n) is 6.04. The molecular formula is C24H25NO. The van der Waals surface area contributed by atoms with Gasteiger partial charge in [-0.1, -0.05) is 24.3 Å². The zero-order chi connectivity index (χ0) is 17.5. The normalized spacial score (nSPS) is 16.3. The lowest BCUT2D eigenvalue weighted by atomic mass is 9.86. The molecular weight excluding hydrogens is 318 g/mol. The second-order valence-electron chi connectivity index (χ2n) is 7.63. The molecule has 1 aliphatic carbocycles. The van der Waals surface area contributed by atoms with Crippen molar-refractivity contribution in [3.8, 4) is 0 Å². The topological polar surface area (TPSA) is 16.4 Å². The molecule has 0 bridgehead atoms. The van der Waals surface area contributed by atoms with Crippen molar-refractivity contribution in [3.63, 3.8) is 0 Å². The second-order valence-corrected chi connectivity index (χ2v) is 7.63. The molecule has 3 aromatic rings. The van der Waals surface area contributed by atoms with E-state index in [1.807, 2.05) is 6.26 Å². The summed E-state index contributed by atoms with van der Waals surface area (Å²) in [5, 5.41) is 0. The summed E-state index contributed by atoms with van der Waals surface area (Å²) in [5.74, 6) is 1.01. The third kappa shape index (κ3) is 2.47. The number of para-hydroxylation sites is 1. The monoisotopic (exact) mass is 343 g/mol. The number of aryl methyl sites for hydroxylation is 3. The molecule has 2 aliphatic rings. The van der Waals surface area contributed by atoms with Crippen LogP contribution < -0.4 is 4.90 Å². The molecule has 0 fully saturated rings. The summed E-state index contributed by atoms with van der Waals surface area (Å²) >= 11 is 0. The van der Waals surface area contributed by atoms with Gasteiger partial charge in [-0.3, -0.25) is 4.90 Å². The van der Waals surface area contributed by atoms with Crippen LogP contribution in [-0.2, 0) is 25.7 Å². The molecule has 0 N–H and O–H groups in total. The third-order valence-corrected chi connectivity index (χ3v) is 6.04. The van der Waals surface area contributed by atoms with E-state index in [2.05, 4.69) is 54.3 Å². The molecule has 2 aromatic carbocycles. The van der Waals surface area contributed by atoms with Crippen LogP contribution >= 0.6 is 0 Å². The molecule has 2 heterocycles. The molecule has 0 amide bonds. The van der Waals surface area contributed by atoms with E-state index in [0.29, 0.717) is 0 Å². The van der Waals surface area contributed by atoms with Crippen LogP contribution in [-0.4, -0.2) is 0 Å². The first kappa shape index (κ1) is 15.7. The molecule has 0 saturated carbocycles. The average molecular weight is 343 g/mol. The molecule has 0 unspecified atom stereocenters. The predicted molar refractivity (Wildman–Crippen MR) is 107 cm³/mol. The Labute approximate surface area is 155 Å². The number of fused-ring (bicyclic) bond motifs is 3. The van der Waals surface area contributed by atoms with Gasteiger partial charge in [0.15, 0.2) is 0 Å². The number of anilines is 3. The Morgan fingerprint density at radius 3 is 2.46 bits per heavy atom. The minimum Gasteiger partial charge on any atom is -0.448 e. The van der Waals surface area contributed by atoms with Crippen molar-refractivity contribution in [1.82, 2.24) is 0 Å². The van der Waals surface area contributed by atoms with Gasteiger partial charge in [0.25, 0.3) is 0 Å². The van der Waals surface area contributed by atoms with Gasteiger partial charge in [-0.05, 0) is 92.3 Å². The van der Waals surface area contributed by atoms with Gasteiger partial charge < -0.3 is 4.42 Å². The summed E-state index contributed by atoms with van der Waals surface area (Å²) < 4.78 is 6.06. The maximum absolute atomic E-state index is 6.06. The Morgan fingerprint density at radius 1 is 0.731 bits per heavy atom. The molecule has 1 aliphatic heterocycles. The highest BCUT2D eigenvalue weighted by Crippen LogP contribution is 2.45. The minimum atomic E-state index is 1.01. The van der Waals surface area contributed by atoms with Gasteiger partial charge in [0.2, 0.25) is 5.88 Å². The Hall–Kier alpha value is -2.48. The van der Waals surface area contributed by atoms with Crippen LogP contribution in [0.25, 0.3) is 0 Å². The van der Waals surface area contributed by atoms with Crippen LogP contribution in [0.1, 0.15) is 47.1 Å². The fraction of sp³-hybridized carbons (Fsp3) is 0.333. The molecule has 5 rings (SSSR count). The smallest absolute Gasteiger partial charge is 0.207 e. The van der Waals surface area contributed by atoms with Crippen molar-refractivity contribution >= 4 is 17.3 Å². The molecule has 0 spiro atoms. The van der Waals surface area contributed by atoms with Crippen LogP contribution in [0.15, 0.2) is 53.1 Å². The molecule has 0 radical (unpaired) electrons. The number of furan rings is 1. The predicted octanol–water partition coefficient (Wildman–Crippen LogP) is 6.43. The maximum Gasteiger partial charge on any atom is 0.207 e. The fourth-order valence-corrected chi connectivity index (χ4v) is 4.71. The van der Waals surface area contributed by atoms with Gasteiger partial charge in [0.1, 0.15) is 0 Å². The lowest BCUT2D eigenvalue weighted by Crippen LogP contribution is -2.19. The molecule has 132 valence electrons. The van der Waals surface area contributed by atoms with Crippen molar-refractivity contribution in [2.45, 2.75) is 51.9 Å². The van der Waals surface area contributed by atoms with Crippen molar-refractivity contribution in [2.75, 3.05) is 4.90 Å². The van der Waals surface area contributed by atoms with E-state index in [1.165, 1.54) is 65.7 Å². The molecule has 0 atom stereocenters. The Bertz CT molecular complexity index is 953. The Balaban J connectivity index is 1.78. The number of benzene rings is 2. The quantitative estimate of drug-likeness (QED) is 0.506. The summed E-state index contributed by atoms with van der Waals surface area (Å²) in [5.41, 5.74) is 9.85. The van der Waals surface area contributed by atoms with Gasteiger partial charge in [0.05, 0.1) is 17.6 Å². The first-order valence-corrected chi connectivity index (χ1v) is 9.88. The highest BCUT2D eigenvalue weighted by molar-refractivity contribution is 5.80. The first-order chi connectivity index (χ1) is 12.8. The van der Waals surface area contributed by atoms with Crippen LogP contribution in [0.3, 0.4) is 0 Å². The summed E-state index contributed by atoms with van der Waals surface area (Å²) in [7, 11) is 0. The summed E-state index contributed by atoms with van der Waals surface area (Å²) in [6.07, 6.45) is 10.2. The minimum absolute atomic E-state index is 1.01. The summed E-state index contributed by atoms with van der Waals surface area (Å²) in [4.78, 5) is 2.40. The number of hydrogen-bond donors (Lipinski definition) is 0. The molecule has 2 heteroatoms. The van der Waals surface area contributed by atoms with Crippen LogP contribution in [0, 0.1) is 6.92 Å². The summed E-state index contributed by atoms with van der Waals surface area (Å²) in [6.45, 7) is 2.26. The number of nitrogens with zero attached hydrogens (tertiary/aromatic N) is 1. The zero-order valence-electron chi connectivity index (χ0n) is 15.4. The summed E-state index contributed by atoms with van der Waals surface area (Å²) in [6, 6.07) is 15.6. The van der Waals surface area contributed by atoms with Crippen molar-refractivity contribution < 1.29 is 4.42 Å². The Morgan fingerprint density at radius 2 is 1.54 bits per heavy atom. The lowest BCUT2D eigenvalue weighted by molar-refractivity contribution is 0.567. The zero-order valence-corrected chi connectivity index (χ0v) is 15.4. The standard InChI is InChI=1S/C24H25NO/c1-17-13-14-23(21-11-4-3-10-20(17)21)25-22-12-5-2-7-18(22)8-6-9-19-15-16-26-24(19)25/h2,5,7,12-16H,3-4,6,8-11H2,1H3. The molecule has 26 heavy (non-hydrogen) atoms. The van der Waals surface area contributed by atoms with Gasteiger partial charge in [0, 0.05) is 5.56 Å². The van der Waals surface area contributed by atoms with Crippen molar-refractivity contribution in [3.05, 3.63) is 76.5 Å². The largest absolute Gasteiger partial charge is 0.448 e. The van der Waals surface area contributed by atoms with Crippen LogP contribution in [0.5, 0.6) is 0 Å². The van der Waals surface area contributed by atoms with Crippen molar-refractivity contribution in [2.24, 2.45) is 0 Å². The fourth-order valence-electron chi connectivity index (χ4n) is 4.71. The van der Waals surface area contributed by atoms with Gasteiger partial charge in [-0.15, -0.1) is 0 Å². The van der Waals surface area contributed by atoms with E-state index >= 15 is 0 Å². The van der Waals surface area contributed by atoms with E-state index in [-0.39, 0.29) is 0 Å². The first-order valence-electron chi connectivity index (χ1n) is 9.88. The molecule has 2 nitrogen and oxygen atoms in total. The molecule has 0 saturated heterocycles. The van der Waals surface area contributed by atoms with E-state index in [9.17, 15) is 0 Å².